The maximum atomic E-state index is 13.6. The third-order valence-corrected chi connectivity index (χ3v) is 4.70. The molecule has 0 fully saturated rings. The summed E-state index contributed by atoms with van der Waals surface area (Å²) in [5, 5.41) is 5.68. The average molecular weight is 413 g/mol. The van der Waals surface area contributed by atoms with Crippen LogP contribution in [0.15, 0.2) is 54.7 Å². The molecular formula is C21H18F3N5O. The Kier molecular flexibility index (Phi) is 5.03. The van der Waals surface area contributed by atoms with E-state index in [0.717, 1.165) is 17.4 Å². The number of alkyl halides is 3. The van der Waals surface area contributed by atoms with Crippen LogP contribution in [0.25, 0.3) is 0 Å². The van der Waals surface area contributed by atoms with Gasteiger partial charge in [-0.3, -0.25) is 4.79 Å². The highest BCUT2D eigenvalue weighted by molar-refractivity contribution is 5.99. The molecular weight excluding hydrogens is 395 g/mol. The summed E-state index contributed by atoms with van der Waals surface area (Å²) >= 11 is 0. The van der Waals surface area contributed by atoms with E-state index in [0.29, 0.717) is 11.4 Å². The van der Waals surface area contributed by atoms with Gasteiger partial charge in [0.2, 0.25) is 11.9 Å². The molecule has 0 unspecified atom stereocenters. The first kappa shape index (κ1) is 19.7. The number of carbonyl (C=O) groups excluding carboxylic acids is 1. The second kappa shape index (κ2) is 7.66. The molecule has 1 amide bonds. The molecule has 0 saturated heterocycles. The molecule has 0 bridgehead atoms. The number of benzene rings is 2. The van der Waals surface area contributed by atoms with E-state index >= 15 is 0 Å². The van der Waals surface area contributed by atoms with E-state index < -0.39 is 11.7 Å². The third-order valence-electron chi connectivity index (χ3n) is 4.70. The summed E-state index contributed by atoms with van der Waals surface area (Å²) in [7, 11) is 0. The summed E-state index contributed by atoms with van der Waals surface area (Å²) in [4.78, 5) is 21.1. The quantitative estimate of drug-likeness (QED) is 0.623. The number of halogens is 3. The number of para-hydroxylation sites is 1. The zero-order valence-electron chi connectivity index (χ0n) is 16.0. The van der Waals surface area contributed by atoms with Crippen molar-refractivity contribution >= 4 is 34.7 Å². The minimum Gasteiger partial charge on any atom is -0.326 e. The molecule has 0 radical (unpaired) electrons. The molecule has 0 saturated carbocycles. The summed E-state index contributed by atoms with van der Waals surface area (Å²) in [6.07, 6.45) is -3.56. The summed E-state index contributed by atoms with van der Waals surface area (Å²) in [5.74, 6) is -0.298. The first-order valence-electron chi connectivity index (χ1n) is 9.32. The van der Waals surface area contributed by atoms with Crippen molar-refractivity contribution in [2.45, 2.75) is 19.5 Å². The number of nitrogens with zero attached hydrogens (tertiary/aromatic N) is 3. The van der Waals surface area contributed by atoms with Gasteiger partial charge in [0.25, 0.3) is 0 Å². The average Bonchev–Trinajstić information content (AvgIpc) is 3.08. The van der Waals surface area contributed by atoms with Gasteiger partial charge in [0.1, 0.15) is 5.56 Å². The highest BCUT2D eigenvalue weighted by Gasteiger charge is 2.37. The Morgan fingerprint density at radius 3 is 2.63 bits per heavy atom. The summed E-state index contributed by atoms with van der Waals surface area (Å²) < 4.78 is 40.9. The fourth-order valence-corrected chi connectivity index (χ4v) is 3.34. The lowest BCUT2D eigenvalue weighted by Gasteiger charge is -2.25. The summed E-state index contributed by atoms with van der Waals surface area (Å²) in [6, 6.07) is 13.9. The van der Waals surface area contributed by atoms with Gasteiger partial charge < -0.3 is 15.5 Å². The van der Waals surface area contributed by atoms with Crippen LogP contribution in [-0.4, -0.2) is 22.4 Å². The van der Waals surface area contributed by atoms with Crippen LogP contribution < -0.4 is 15.5 Å². The number of fused-ring (bicyclic) bond motifs is 1. The van der Waals surface area contributed by atoms with Crippen molar-refractivity contribution in [3.05, 3.63) is 65.9 Å². The first-order valence-corrected chi connectivity index (χ1v) is 9.32. The van der Waals surface area contributed by atoms with E-state index in [4.69, 9.17) is 0 Å². The molecule has 2 N–H and O–H groups in total. The number of anilines is 5. The number of amides is 1. The van der Waals surface area contributed by atoms with E-state index in [-0.39, 0.29) is 30.6 Å². The Bertz CT molecular complexity index is 1090. The largest absolute Gasteiger partial charge is 0.421 e. The van der Waals surface area contributed by atoms with E-state index in [9.17, 15) is 18.0 Å². The number of aromatic nitrogens is 2. The van der Waals surface area contributed by atoms with Crippen LogP contribution in [0, 0.1) is 0 Å². The van der Waals surface area contributed by atoms with Crippen molar-refractivity contribution in [2.24, 2.45) is 0 Å². The minimum atomic E-state index is -4.60. The van der Waals surface area contributed by atoms with Crippen LogP contribution >= 0.6 is 0 Å². The summed E-state index contributed by atoms with van der Waals surface area (Å²) in [5.41, 5.74) is 1.79. The van der Waals surface area contributed by atoms with Crippen molar-refractivity contribution < 1.29 is 18.0 Å². The molecule has 6 nitrogen and oxygen atoms in total. The Labute approximate surface area is 170 Å². The first-order chi connectivity index (χ1) is 14.3. The molecule has 3 aromatic rings. The van der Waals surface area contributed by atoms with E-state index in [1.165, 1.54) is 4.90 Å². The van der Waals surface area contributed by atoms with Crippen molar-refractivity contribution in [2.75, 3.05) is 22.1 Å². The molecule has 2 aromatic carbocycles. The van der Waals surface area contributed by atoms with Crippen molar-refractivity contribution in [1.82, 2.24) is 9.97 Å². The molecule has 154 valence electrons. The Balaban J connectivity index is 1.72. The molecule has 1 aliphatic rings. The van der Waals surface area contributed by atoms with E-state index in [2.05, 4.69) is 20.6 Å². The van der Waals surface area contributed by atoms with Gasteiger partial charge in [-0.25, -0.2) is 4.98 Å². The standard InChI is InChI=1S/C21H18F3N5O/c1-2-29(15-6-4-3-5-7-15)19-16(21(22,23)24)12-25-20(28-19)26-14-8-9-17-13(10-14)11-18(30)27-17/h3-10,12H,2,11H2,1H3,(H,27,30)(H,25,26,28). The topological polar surface area (TPSA) is 70.2 Å². The van der Waals surface area contributed by atoms with E-state index in [1.807, 2.05) is 0 Å². The molecule has 1 aliphatic heterocycles. The molecule has 0 aliphatic carbocycles. The number of rotatable bonds is 5. The monoisotopic (exact) mass is 413 g/mol. The zero-order chi connectivity index (χ0) is 21.3. The normalized spacial score (nSPS) is 13.0. The fraction of sp³-hybridized carbons (Fsp3) is 0.190. The molecule has 4 rings (SSSR count). The van der Waals surface area contributed by atoms with Gasteiger partial charge in [-0.2, -0.15) is 18.2 Å². The van der Waals surface area contributed by atoms with Crippen LogP contribution in [-0.2, 0) is 17.4 Å². The van der Waals surface area contributed by atoms with Gasteiger partial charge in [0.15, 0.2) is 5.82 Å². The number of nitrogens with one attached hydrogen (secondary N) is 2. The van der Waals surface area contributed by atoms with Crippen LogP contribution in [0.1, 0.15) is 18.1 Å². The molecule has 9 heteroatoms. The maximum absolute atomic E-state index is 13.6. The second-order valence-electron chi connectivity index (χ2n) is 6.73. The predicted molar refractivity (Wildman–Crippen MR) is 108 cm³/mol. The van der Waals surface area contributed by atoms with Crippen molar-refractivity contribution in [1.29, 1.82) is 0 Å². The fourth-order valence-electron chi connectivity index (χ4n) is 3.34. The molecule has 2 heterocycles. The van der Waals surface area contributed by atoms with Gasteiger partial charge in [0, 0.05) is 29.8 Å². The van der Waals surface area contributed by atoms with Crippen molar-refractivity contribution in [3.8, 4) is 0 Å². The lowest BCUT2D eigenvalue weighted by Crippen LogP contribution is -2.23. The maximum Gasteiger partial charge on any atom is 0.421 e. The predicted octanol–water partition coefficient (Wildman–Crippen LogP) is 4.89. The minimum absolute atomic E-state index is 0.0320. The van der Waals surface area contributed by atoms with Crippen LogP contribution in [0.3, 0.4) is 0 Å². The Morgan fingerprint density at radius 2 is 1.93 bits per heavy atom. The third kappa shape index (κ3) is 3.91. The number of hydrogen-bond acceptors (Lipinski definition) is 5. The Morgan fingerprint density at radius 1 is 1.17 bits per heavy atom. The van der Waals surface area contributed by atoms with Gasteiger partial charge in [-0.05, 0) is 42.8 Å². The van der Waals surface area contributed by atoms with Crippen molar-refractivity contribution in [3.63, 3.8) is 0 Å². The highest BCUT2D eigenvalue weighted by Crippen LogP contribution is 2.38. The van der Waals surface area contributed by atoms with Crippen LogP contribution in [0.4, 0.5) is 42.0 Å². The lowest BCUT2D eigenvalue weighted by atomic mass is 10.1. The van der Waals surface area contributed by atoms with Gasteiger partial charge in [-0.1, -0.05) is 18.2 Å². The van der Waals surface area contributed by atoms with E-state index in [1.54, 1.807) is 55.5 Å². The highest BCUT2D eigenvalue weighted by atomic mass is 19.4. The smallest absolute Gasteiger partial charge is 0.326 e. The van der Waals surface area contributed by atoms with Gasteiger partial charge >= 0.3 is 6.18 Å². The molecule has 0 spiro atoms. The molecule has 1 aromatic heterocycles. The second-order valence-corrected chi connectivity index (χ2v) is 6.73. The van der Waals surface area contributed by atoms with Crippen LogP contribution in [0.2, 0.25) is 0 Å². The SMILES string of the molecule is CCN(c1ccccc1)c1nc(Nc2ccc3c(c2)CC(=O)N3)ncc1C(F)(F)F. The van der Waals surface area contributed by atoms with Gasteiger partial charge in [-0.15, -0.1) is 0 Å². The zero-order valence-corrected chi connectivity index (χ0v) is 16.0. The van der Waals surface area contributed by atoms with Gasteiger partial charge in [0.05, 0.1) is 6.42 Å². The molecule has 30 heavy (non-hydrogen) atoms. The summed E-state index contributed by atoms with van der Waals surface area (Å²) in [6.45, 7) is 2.04. The molecule has 0 atom stereocenters. The lowest BCUT2D eigenvalue weighted by molar-refractivity contribution is -0.137. The Hall–Kier alpha value is -3.62. The van der Waals surface area contributed by atoms with Crippen LogP contribution in [0.5, 0.6) is 0 Å². The number of carbonyl (C=O) groups is 1. The number of hydrogen-bond donors (Lipinski definition) is 2.